The Morgan fingerprint density at radius 3 is 2.75 bits per heavy atom. The molecule has 0 radical (unpaired) electrons. The normalized spacial score (nSPS) is 12.0. The average Bonchev–Trinajstić information content (AvgIpc) is 2.84. The minimum absolute atomic E-state index is 0.164. The van der Waals surface area contributed by atoms with E-state index in [1.54, 1.807) is 30.1 Å². The number of anilines is 1. The predicted octanol–water partition coefficient (Wildman–Crippen LogP) is 1.05. The van der Waals surface area contributed by atoms with Gasteiger partial charge >= 0.3 is 0 Å². The lowest BCUT2D eigenvalue weighted by atomic mass is 10.2. The summed E-state index contributed by atoms with van der Waals surface area (Å²) in [4.78, 5) is 16.5. The van der Waals surface area contributed by atoms with Crippen LogP contribution in [0.4, 0.5) is 5.82 Å². The zero-order valence-corrected chi connectivity index (χ0v) is 12.0. The molecule has 0 saturated heterocycles. The van der Waals surface area contributed by atoms with Crippen LogP contribution in [0.3, 0.4) is 0 Å². The first-order valence-electron chi connectivity index (χ1n) is 6.32. The van der Waals surface area contributed by atoms with Crippen LogP contribution >= 0.6 is 0 Å². The second-order valence-electron chi connectivity index (χ2n) is 4.63. The van der Waals surface area contributed by atoms with Gasteiger partial charge in [-0.25, -0.2) is 4.98 Å². The van der Waals surface area contributed by atoms with Crippen molar-refractivity contribution in [2.75, 3.05) is 12.4 Å². The molecule has 2 heterocycles. The first kappa shape index (κ1) is 14.0. The zero-order valence-electron chi connectivity index (χ0n) is 12.0. The zero-order chi connectivity index (χ0) is 14.7. The number of carbonyl (C=O) groups is 1. The van der Waals surface area contributed by atoms with Crippen molar-refractivity contribution in [3.63, 3.8) is 0 Å². The highest BCUT2D eigenvalue weighted by Crippen LogP contribution is 2.12. The van der Waals surface area contributed by atoms with Crippen molar-refractivity contribution in [1.29, 1.82) is 0 Å². The minimum Gasteiger partial charge on any atom is -0.373 e. The number of aryl methyl sites for hydroxylation is 2. The Hall–Kier alpha value is -2.44. The van der Waals surface area contributed by atoms with Gasteiger partial charge in [0, 0.05) is 25.4 Å². The van der Waals surface area contributed by atoms with Gasteiger partial charge < -0.3 is 15.2 Å². The molecule has 0 aliphatic heterocycles. The largest absolute Gasteiger partial charge is 0.373 e. The summed E-state index contributed by atoms with van der Waals surface area (Å²) in [5.74, 6) is 1.21. The molecule has 0 aliphatic rings. The van der Waals surface area contributed by atoms with Crippen molar-refractivity contribution >= 4 is 11.7 Å². The Kier molecular flexibility index (Phi) is 3.97. The number of amides is 1. The molecule has 0 aromatic carbocycles. The fourth-order valence-corrected chi connectivity index (χ4v) is 1.96. The lowest BCUT2D eigenvalue weighted by Crippen LogP contribution is -2.28. The summed E-state index contributed by atoms with van der Waals surface area (Å²) < 4.78 is 1.78. The van der Waals surface area contributed by atoms with E-state index < -0.39 is 0 Å². The molecule has 0 bridgehead atoms. The Bertz CT molecular complexity index is 621. The number of hydrogen-bond acceptors (Lipinski definition) is 5. The molecule has 20 heavy (non-hydrogen) atoms. The van der Waals surface area contributed by atoms with Gasteiger partial charge in [-0.1, -0.05) is 0 Å². The number of aromatic nitrogens is 4. The van der Waals surface area contributed by atoms with Crippen LogP contribution in [-0.4, -0.2) is 32.7 Å². The van der Waals surface area contributed by atoms with Crippen molar-refractivity contribution in [1.82, 2.24) is 25.1 Å². The van der Waals surface area contributed by atoms with Gasteiger partial charge in [-0.2, -0.15) is 0 Å². The van der Waals surface area contributed by atoms with Crippen LogP contribution < -0.4 is 10.6 Å². The van der Waals surface area contributed by atoms with Crippen LogP contribution in [0, 0.1) is 6.92 Å². The van der Waals surface area contributed by atoms with Crippen LogP contribution in [0.5, 0.6) is 0 Å². The van der Waals surface area contributed by atoms with E-state index in [4.69, 9.17) is 0 Å². The van der Waals surface area contributed by atoms with E-state index in [0.717, 1.165) is 5.69 Å². The summed E-state index contributed by atoms with van der Waals surface area (Å²) in [5.41, 5.74) is 1.35. The second kappa shape index (κ2) is 5.68. The third kappa shape index (κ3) is 2.93. The first-order chi connectivity index (χ1) is 9.51. The molecule has 1 atom stereocenters. The van der Waals surface area contributed by atoms with Crippen LogP contribution in [0.15, 0.2) is 18.5 Å². The van der Waals surface area contributed by atoms with E-state index in [1.165, 1.54) is 0 Å². The third-order valence-corrected chi connectivity index (χ3v) is 2.95. The maximum atomic E-state index is 12.3. The van der Waals surface area contributed by atoms with Crippen LogP contribution in [0.25, 0.3) is 0 Å². The van der Waals surface area contributed by atoms with E-state index in [9.17, 15) is 4.79 Å². The minimum atomic E-state index is -0.221. The van der Waals surface area contributed by atoms with Crippen molar-refractivity contribution in [2.24, 2.45) is 7.05 Å². The van der Waals surface area contributed by atoms with Crippen LogP contribution in [-0.2, 0) is 7.05 Å². The number of pyridine rings is 1. The van der Waals surface area contributed by atoms with Crippen molar-refractivity contribution in [2.45, 2.75) is 19.9 Å². The summed E-state index contributed by atoms with van der Waals surface area (Å²) in [6.07, 6.45) is 1.60. The van der Waals surface area contributed by atoms with Gasteiger partial charge in [-0.05, 0) is 26.0 Å². The third-order valence-electron chi connectivity index (χ3n) is 2.95. The molecule has 2 aromatic heterocycles. The number of rotatable bonds is 4. The molecule has 0 aliphatic carbocycles. The Morgan fingerprint density at radius 1 is 1.40 bits per heavy atom. The van der Waals surface area contributed by atoms with E-state index in [1.807, 2.05) is 20.9 Å². The van der Waals surface area contributed by atoms with Crippen LogP contribution in [0.2, 0.25) is 0 Å². The summed E-state index contributed by atoms with van der Waals surface area (Å²) >= 11 is 0. The van der Waals surface area contributed by atoms with E-state index in [-0.39, 0.29) is 11.9 Å². The molecule has 106 valence electrons. The maximum Gasteiger partial charge on any atom is 0.252 e. The second-order valence-corrected chi connectivity index (χ2v) is 4.63. The highest BCUT2D eigenvalue weighted by atomic mass is 16.1. The number of nitrogens with one attached hydrogen (secondary N) is 2. The van der Waals surface area contributed by atoms with Gasteiger partial charge in [0.15, 0.2) is 5.82 Å². The summed E-state index contributed by atoms with van der Waals surface area (Å²) in [5, 5.41) is 13.6. The molecule has 2 N–H and O–H groups in total. The van der Waals surface area contributed by atoms with Crippen molar-refractivity contribution in [3.8, 4) is 0 Å². The van der Waals surface area contributed by atoms with E-state index >= 15 is 0 Å². The molecular weight excluding hydrogens is 256 g/mol. The molecular formula is C13H18N6O. The molecule has 2 rings (SSSR count). The van der Waals surface area contributed by atoms with Crippen molar-refractivity contribution in [3.05, 3.63) is 35.5 Å². The van der Waals surface area contributed by atoms with Gasteiger partial charge in [0.1, 0.15) is 12.1 Å². The molecule has 7 nitrogen and oxygen atoms in total. The van der Waals surface area contributed by atoms with E-state index in [2.05, 4.69) is 25.8 Å². The topological polar surface area (TPSA) is 84.7 Å². The van der Waals surface area contributed by atoms with Gasteiger partial charge in [0.2, 0.25) is 0 Å². The van der Waals surface area contributed by atoms with Crippen molar-refractivity contribution < 1.29 is 4.79 Å². The molecule has 0 saturated carbocycles. The maximum absolute atomic E-state index is 12.3. The lowest BCUT2D eigenvalue weighted by molar-refractivity contribution is 0.0937. The molecule has 0 spiro atoms. The quantitative estimate of drug-likeness (QED) is 0.870. The molecule has 7 heteroatoms. The van der Waals surface area contributed by atoms with Gasteiger partial charge in [0.25, 0.3) is 5.91 Å². The summed E-state index contributed by atoms with van der Waals surface area (Å²) in [6, 6.07) is 3.24. The average molecular weight is 274 g/mol. The Morgan fingerprint density at radius 2 is 2.15 bits per heavy atom. The number of carbonyl (C=O) groups excluding carboxylic acids is 1. The monoisotopic (exact) mass is 274 g/mol. The fraction of sp³-hybridized carbons (Fsp3) is 0.385. The highest BCUT2D eigenvalue weighted by Gasteiger charge is 2.16. The fourth-order valence-electron chi connectivity index (χ4n) is 1.96. The SMILES string of the molecule is CNc1cc(C(=O)NC(C)c2nncn2C)cc(C)n1. The van der Waals surface area contributed by atoms with Gasteiger partial charge in [0.05, 0.1) is 6.04 Å². The molecule has 1 amide bonds. The highest BCUT2D eigenvalue weighted by molar-refractivity contribution is 5.95. The van der Waals surface area contributed by atoms with Crippen LogP contribution in [0.1, 0.15) is 34.8 Å². The number of nitrogens with zero attached hydrogens (tertiary/aromatic N) is 4. The summed E-state index contributed by atoms with van der Waals surface area (Å²) in [7, 11) is 3.61. The van der Waals surface area contributed by atoms with Gasteiger partial charge in [-0.15, -0.1) is 10.2 Å². The first-order valence-corrected chi connectivity index (χ1v) is 6.32. The Labute approximate surface area is 117 Å². The lowest BCUT2D eigenvalue weighted by Gasteiger charge is -2.13. The standard InChI is InChI=1S/C13H18N6O/c1-8-5-10(6-11(14-3)16-8)13(20)17-9(2)12-18-15-7-19(12)4/h5-7,9H,1-4H3,(H,14,16)(H,17,20). The molecule has 0 fully saturated rings. The molecule has 2 aromatic rings. The Balaban J connectivity index is 2.16. The number of hydrogen-bond donors (Lipinski definition) is 2. The predicted molar refractivity (Wildman–Crippen MR) is 75.4 cm³/mol. The smallest absolute Gasteiger partial charge is 0.252 e. The molecule has 1 unspecified atom stereocenters. The summed E-state index contributed by atoms with van der Waals surface area (Å²) in [6.45, 7) is 3.72. The van der Waals surface area contributed by atoms with Gasteiger partial charge in [-0.3, -0.25) is 4.79 Å². The van der Waals surface area contributed by atoms with E-state index in [0.29, 0.717) is 17.2 Å².